The zero-order valence-electron chi connectivity index (χ0n) is 13.9. The van der Waals surface area contributed by atoms with Gasteiger partial charge in [0.2, 0.25) is 5.95 Å². The van der Waals surface area contributed by atoms with Crippen molar-refractivity contribution in [2.24, 2.45) is 0 Å². The molecule has 0 atom stereocenters. The van der Waals surface area contributed by atoms with E-state index in [1.54, 1.807) is 24.5 Å². The maximum atomic E-state index is 13.5. The molecule has 0 radical (unpaired) electrons. The van der Waals surface area contributed by atoms with Gasteiger partial charge in [-0.1, -0.05) is 11.6 Å². The molecule has 1 aliphatic heterocycles. The largest absolute Gasteiger partial charge is 0.342 e. The Morgan fingerprint density at radius 3 is 2.65 bits per heavy atom. The van der Waals surface area contributed by atoms with Gasteiger partial charge >= 0.3 is 0 Å². The Morgan fingerprint density at radius 1 is 1.23 bits per heavy atom. The first-order valence-corrected chi connectivity index (χ1v) is 8.77. The number of benzene rings is 1. The maximum Gasteiger partial charge on any atom is 0.206 e. The normalized spacial score (nSPS) is 15.3. The number of anilines is 1. The van der Waals surface area contributed by atoms with Gasteiger partial charge in [-0.25, -0.2) is 19.3 Å². The number of fused-ring (bicyclic) bond motifs is 1. The summed E-state index contributed by atoms with van der Waals surface area (Å²) in [4.78, 5) is 15.3. The van der Waals surface area contributed by atoms with E-state index in [1.807, 2.05) is 10.6 Å². The van der Waals surface area contributed by atoms with Crippen molar-refractivity contribution in [1.82, 2.24) is 19.5 Å². The molecule has 0 spiro atoms. The van der Waals surface area contributed by atoms with Gasteiger partial charge in [0.1, 0.15) is 12.0 Å². The number of hydrogen-bond acceptors (Lipinski definition) is 5. The first-order valence-electron chi connectivity index (χ1n) is 8.40. The third kappa shape index (κ3) is 3.20. The van der Waals surface area contributed by atoms with E-state index in [2.05, 4.69) is 20.9 Å². The third-order valence-electron chi connectivity index (χ3n) is 4.54. The van der Waals surface area contributed by atoms with Gasteiger partial charge in [-0.05, 0) is 31.0 Å². The molecule has 3 heterocycles. The molecule has 1 aliphatic rings. The summed E-state index contributed by atoms with van der Waals surface area (Å²) in [5, 5.41) is 9.62. The minimum Gasteiger partial charge on any atom is -0.342 e. The molecule has 0 saturated carbocycles. The van der Waals surface area contributed by atoms with Gasteiger partial charge in [-0.15, -0.1) is 0 Å². The van der Waals surface area contributed by atoms with Crippen LogP contribution in [0.1, 0.15) is 24.2 Å². The Balaban J connectivity index is 1.78. The molecule has 4 rings (SSSR count). The second-order valence-electron chi connectivity index (χ2n) is 6.29. The zero-order valence-corrected chi connectivity index (χ0v) is 14.7. The Hall–Kier alpha value is -2.72. The molecule has 0 unspecified atom stereocenters. The van der Waals surface area contributed by atoms with E-state index >= 15 is 0 Å². The van der Waals surface area contributed by atoms with Crippen molar-refractivity contribution < 1.29 is 4.39 Å². The minimum atomic E-state index is -0.756. The molecule has 6 nitrogen and oxygen atoms in total. The van der Waals surface area contributed by atoms with Crippen molar-refractivity contribution in [3.05, 3.63) is 47.0 Å². The number of nitriles is 1. The summed E-state index contributed by atoms with van der Waals surface area (Å²) < 4.78 is 15.6. The van der Waals surface area contributed by atoms with E-state index in [9.17, 15) is 4.39 Å². The van der Waals surface area contributed by atoms with Gasteiger partial charge in [0.15, 0.2) is 0 Å². The standard InChI is InChI=1S/C18H16ClFN6/c19-13-9-22-17(23-10-13)11-26-16-2-1-12(8-21)7-15(16)24-18(26)25-5-3-14(20)4-6-25/h1-2,7,9-10,14H,3-6,11H2. The van der Waals surface area contributed by atoms with Crippen molar-refractivity contribution in [2.45, 2.75) is 25.6 Å². The van der Waals surface area contributed by atoms with Gasteiger partial charge < -0.3 is 9.47 Å². The molecule has 0 aliphatic carbocycles. The van der Waals surface area contributed by atoms with E-state index in [-0.39, 0.29) is 0 Å². The fourth-order valence-corrected chi connectivity index (χ4v) is 3.29. The number of nitrogens with zero attached hydrogens (tertiary/aromatic N) is 6. The lowest BCUT2D eigenvalue weighted by Gasteiger charge is -2.29. The Kier molecular flexibility index (Phi) is 4.43. The molecule has 1 saturated heterocycles. The lowest BCUT2D eigenvalue weighted by molar-refractivity contribution is 0.275. The highest BCUT2D eigenvalue weighted by molar-refractivity contribution is 6.30. The van der Waals surface area contributed by atoms with Gasteiger partial charge in [0.05, 0.1) is 34.2 Å². The van der Waals surface area contributed by atoms with Gasteiger partial charge in [-0.3, -0.25) is 0 Å². The van der Waals surface area contributed by atoms with E-state index in [0.717, 1.165) is 17.0 Å². The van der Waals surface area contributed by atoms with Crippen LogP contribution in [0.5, 0.6) is 0 Å². The number of rotatable bonds is 3. The number of imidazole rings is 1. The topological polar surface area (TPSA) is 70.6 Å². The second kappa shape index (κ2) is 6.89. The van der Waals surface area contributed by atoms with Crippen LogP contribution in [-0.4, -0.2) is 38.8 Å². The summed E-state index contributed by atoms with van der Waals surface area (Å²) in [6.45, 7) is 1.64. The van der Waals surface area contributed by atoms with Crippen molar-refractivity contribution in [3.8, 4) is 6.07 Å². The van der Waals surface area contributed by atoms with E-state index < -0.39 is 6.17 Å². The third-order valence-corrected chi connectivity index (χ3v) is 4.73. The van der Waals surface area contributed by atoms with Crippen molar-refractivity contribution in [2.75, 3.05) is 18.0 Å². The summed E-state index contributed by atoms with van der Waals surface area (Å²) in [5.41, 5.74) is 2.18. The highest BCUT2D eigenvalue weighted by Gasteiger charge is 2.24. The van der Waals surface area contributed by atoms with Crippen LogP contribution in [0.4, 0.5) is 10.3 Å². The van der Waals surface area contributed by atoms with Crippen molar-refractivity contribution in [1.29, 1.82) is 5.26 Å². The number of piperidine rings is 1. The van der Waals surface area contributed by atoms with Crippen molar-refractivity contribution >= 4 is 28.6 Å². The first kappa shape index (κ1) is 16.7. The smallest absolute Gasteiger partial charge is 0.206 e. The molecular weight excluding hydrogens is 355 g/mol. The molecule has 1 aromatic carbocycles. The molecule has 3 aromatic rings. The fourth-order valence-electron chi connectivity index (χ4n) is 3.19. The average molecular weight is 371 g/mol. The lowest BCUT2D eigenvalue weighted by Crippen LogP contribution is -2.36. The molecular formula is C18H16ClFN6. The van der Waals surface area contributed by atoms with E-state index in [0.29, 0.717) is 48.9 Å². The first-order chi connectivity index (χ1) is 12.6. The molecule has 2 aromatic heterocycles. The van der Waals surface area contributed by atoms with E-state index in [4.69, 9.17) is 21.8 Å². The predicted octanol–water partition coefficient (Wildman–Crippen LogP) is 3.34. The number of halogens is 2. The zero-order chi connectivity index (χ0) is 18.1. The van der Waals surface area contributed by atoms with Crippen LogP contribution in [0.15, 0.2) is 30.6 Å². The molecule has 0 bridgehead atoms. The lowest BCUT2D eigenvalue weighted by atomic mass is 10.1. The highest BCUT2D eigenvalue weighted by Crippen LogP contribution is 2.27. The summed E-state index contributed by atoms with van der Waals surface area (Å²) in [6, 6.07) is 7.54. The summed E-state index contributed by atoms with van der Waals surface area (Å²) in [5.74, 6) is 1.36. The number of hydrogen-bond donors (Lipinski definition) is 0. The van der Waals surface area contributed by atoms with Crippen LogP contribution in [0.3, 0.4) is 0 Å². The predicted molar refractivity (Wildman–Crippen MR) is 96.9 cm³/mol. The van der Waals surface area contributed by atoms with Crippen LogP contribution in [0.25, 0.3) is 11.0 Å². The summed E-state index contributed by atoms with van der Waals surface area (Å²) in [7, 11) is 0. The number of aromatic nitrogens is 4. The van der Waals surface area contributed by atoms with E-state index in [1.165, 1.54) is 0 Å². The summed E-state index contributed by atoms with van der Waals surface area (Å²) >= 11 is 5.87. The molecule has 0 amide bonds. The minimum absolute atomic E-state index is 0.421. The van der Waals surface area contributed by atoms with Crippen LogP contribution < -0.4 is 4.90 Å². The van der Waals surface area contributed by atoms with Crippen LogP contribution in [0, 0.1) is 11.3 Å². The Bertz CT molecular complexity index is 970. The molecule has 1 fully saturated rings. The maximum absolute atomic E-state index is 13.5. The quantitative estimate of drug-likeness (QED) is 0.707. The van der Waals surface area contributed by atoms with Crippen LogP contribution >= 0.6 is 11.6 Å². The molecule has 132 valence electrons. The van der Waals surface area contributed by atoms with Crippen molar-refractivity contribution in [3.63, 3.8) is 0 Å². The van der Waals surface area contributed by atoms with Gasteiger partial charge in [-0.2, -0.15) is 5.26 Å². The van der Waals surface area contributed by atoms with Crippen LogP contribution in [-0.2, 0) is 6.54 Å². The highest BCUT2D eigenvalue weighted by atomic mass is 35.5. The Morgan fingerprint density at radius 2 is 1.96 bits per heavy atom. The number of alkyl halides is 1. The van der Waals surface area contributed by atoms with Crippen LogP contribution in [0.2, 0.25) is 5.02 Å². The fraction of sp³-hybridized carbons (Fsp3) is 0.333. The SMILES string of the molecule is N#Cc1ccc2c(c1)nc(N1CCC(F)CC1)n2Cc1ncc(Cl)cn1. The Labute approximate surface area is 154 Å². The van der Waals surface area contributed by atoms with Gasteiger partial charge in [0.25, 0.3) is 0 Å². The van der Waals surface area contributed by atoms with Gasteiger partial charge in [0, 0.05) is 25.5 Å². The molecule has 26 heavy (non-hydrogen) atoms. The average Bonchev–Trinajstić information content (AvgIpc) is 3.01. The second-order valence-corrected chi connectivity index (χ2v) is 6.73. The molecule has 8 heteroatoms. The monoisotopic (exact) mass is 370 g/mol. The molecule has 0 N–H and O–H groups in total. The summed E-state index contributed by atoms with van der Waals surface area (Å²) in [6.07, 6.45) is 3.35.